The van der Waals surface area contributed by atoms with Crippen molar-refractivity contribution >= 4 is 38.3 Å². The monoisotopic (exact) mass is 769 g/mol. The summed E-state index contributed by atoms with van der Waals surface area (Å²) in [5.41, 5.74) is 1.08. The van der Waals surface area contributed by atoms with Gasteiger partial charge in [0, 0.05) is 25.4 Å². The highest BCUT2D eigenvalue weighted by Gasteiger charge is 2.35. The van der Waals surface area contributed by atoms with Gasteiger partial charge >= 0.3 is 5.69 Å². The van der Waals surface area contributed by atoms with Crippen LogP contribution in [0.3, 0.4) is 0 Å². The Morgan fingerprint density at radius 2 is 1.72 bits per heavy atom. The molecule has 2 heterocycles. The number of nitrogens with one attached hydrogen (secondary N) is 2. The number of nitroso groups, excluding NO2 is 1. The first-order chi connectivity index (χ1) is 25.1. The van der Waals surface area contributed by atoms with Gasteiger partial charge < -0.3 is 20.8 Å². The molecule has 0 aliphatic heterocycles. The summed E-state index contributed by atoms with van der Waals surface area (Å²) in [5, 5.41) is 33.0. The van der Waals surface area contributed by atoms with Gasteiger partial charge in [0.15, 0.2) is 5.13 Å². The maximum Gasteiger partial charge on any atom is 0.332 e. The maximum atomic E-state index is 14.3. The number of aliphatic hydroxyl groups excluding tert-OH is 1. The first kappa shape index (κ1) is 41.1. The number of hydrogen-bond donors (Lipinski definition) is 4. The van der Waals surface area contributed by atoms with Gasteiger partial charge in [-0.05, 0) is 41.5 Å². The van der Waals surface area contributed by atoms with Gasteiger partial charge in [-0.2, -0.15) is 9.21 Å². The standard InChI is InChI=1S/C36H47N7O8S2/c1-6-24(4)33(43-21-32(46)42(36(43)48)19-28-22-52-35(39-28)38-25(5)44)34(47)40-30(16-26-10-8-7-9-11-26)31(45)20-41(18-23(2)3)53(50,51)29-14-12-27(13-15-29)17-37-49/h7-15,21-24,30-31,33,45-46H,6,16-20H2,1-5H3,(H,40,47)(H,38,39,44)/t24-,30-,31+,33-/m0/s1. The number of anilines is 1. The molecule has 4 atom stereocenters. The number of nitrogens with zero attached hydrogens (tertiary/aromatic N) is 5. The van der Waals surface area contributed by atoms with E-state index < -0.39 is 51.6 Å². The van der Waals surface area contributed by atoms with E-state index in [9.17, 15) is 37.9 Å². The molecular weight excluding hydrogens is 723 g/mol. The fraction of sp³-hybridized carbons (Fsp3) is 0.444. The number of imidazole rings is 1. The zero-order chi connectivity index (χ0) is 38.9. The Morgan fingerprint density at radius 1 is 1.04 bits per heavy atom. The van der Waals surface area contributed by atoms with Gasteiger partial charge in [-0.1, -0.05) is 81.8 Å². The smallest absolute Gasteiger partial charge is 0.332 e. The van der Waals surface area contributed by atoms with Crippen molar-refractivity contribution in [2.24, 2.45) is 17.0 Å². The van der Waals surface area contributed by atoms with Crippen LogP contribution in [0.2, 0.25) is 0 Å². The van der Waals surface area contributed by atoms with Crippen molar-refractivity contribution in [1.82, 2.24) is 23.7 Å². The van der Waals surface area contributed by atoms with E-state index in [2.05, 4.69) is 20.8 Å². The van der Waals surface area contributed by atoms with E-state index in [1.54, 1.807) is 12.3 Å². The molecular formula is C36H47N7O8S2. The largest absolute Gasteiger partial charge is 0.493 e. The second kappa shape index (κ2) is 18.4. The summed E-state index contributed by atoms with van der Waals surface area (Å²) in [5.74, 6) is -1.81. The van der Waals surface area contributed by atoms with E-state index >= 15 is 0 Å². The topological polar surface area (TPSA) is 205 Å². The van der Waals surface area contributed by atoms with Crippen molar-refractivity contribution in [2.75, 3.05) is 18.4 Å². The van der Waals surface area contributed by atoms with Crippen LogP contribution < -0.4 is 16.3 Å². The SMILES string of the molecule is CC[C@H](C)[C@@H](C(=O)N[C@@H](Cc1ccccc1)[C@H](O)CN(CC(C)C)S(=O)(=O)c1ccc(CN=O)cc1)n1cc(O)n(Cc2csc(NC(C)=O)n2)c1=O. The highest BCUT2D eigenvalue weighted by molar-refractivity contribution is 7.89. The number of aromatic nitrogens is 3. The second-order valence-corrected chi connectivity index (χ2v) is 16.2. The van der Waals surface area contributed by atoms with E-state index in [1.807, 2.05) is 51.1 Å². The molecule has 2 aromatic heterocycles. The summed E-state index contributed by atoms with van der Waals surface area (Å²) in [4.78, 5) is 54.4. The van der Waals surface area contributed by atoms with Gasteiger partial charge in [0.1, 0.15) is 12.6 Å². The van der Waals surface area contributed by atoms with E-state index in [1.165, 1.54) is 53.0 Å². The molecule has 0 spiro atoms. The fourth-order valence-electron chi connectivity index (χ4n) is 5.89. The normalized spacial score (nSPS) is 14.1. The van der Waals surface area contributed by atoms with Crippen molar-refractivity contribution in [3.63, 3.8) is 0 Å². The molecule has 53 heavy (non-hydrogen) atoms. The molecule has 4 aromatic rings. The lowest BCUT2D eigenvalue weighted by Crippen LogP contribution is -2.53. The Kier molecular flexibility index (Phi) is 14.2. The number of hydrogen-bond acceptors (Lipinski definition) is 11. The van der Waals surface area contributed by atoms with Crippen molar-refractivity contribution in [1.29, 1.82) is 0 Å². The third-order valence-corrected chi connectivity index (χ3v) is 11.4. The zero-order valence-corrected chi connectivity index (χ0v) is 32.0. The molecule has 0 saturated heterocycles. The molecule has 0 aliphatic carbocycles. The van der Waals surface area contributed by atoms with Crippen LogP contribution >= 0.6 is 11.3 Å². The number of aromatic hydroxyl groups is 1. The van der Waals surface area contributed by atoms with Crippen LogP contribution in [-0.4, -0.2) is 74.1 Å². The van der Waals surface area contributed by atoms with Gasteiger partial charge in [0.05, 0.1) is 35.5 Å². The van der Waals surface area contributed by atoms with Crippen LogP contribution in [0.4, 0.5) is 5.13 Å². The molecule has 4 N–H and O–H groups in total. The van der Waals surface area contributed by atoms with Gasteiger partial charge in [0.2, 0.25) is 27.7 Å². The summed E-state index contributed by atoms with van der Waals surface area (Å²) < 4.78 is 31.2. The molecule has 15 nitrogen and oxygen atoms in total. The molecule has 286 valence electrons. The lowest BCUT2D eigenvalue weighted by Gasteiger charge is -2.32. The molecule has 2 amide bonds. The van der Waals surface area contributed by atoms with Crippen LogP contribution in [0, 0.1) is 16.7 Å². The minimum absolute atomic E-state index is 0.0202. The van der Waals surface area contributed by atoms with Crippen molar-refractivity contribution in [2.45, 2.75) is 83.6 Å². The summed E-state index contributed by atoms with van der Waals surface area (Å²) in [6.45, 7) is 8.21. The van der Waals surface area contributed by atoms with E-state index in [0.29, 0.717) is 22.8 Å². The van der Waals surface area contributed by atoms with Gasteiger partial charge in [-0.3, -0.25) is 18.7 Å². The first-order valence-corrected chi connectivity index (χ1v) is 19.6. The predicted molar refractivity (Wildman–Crippen MR) is 202 cm³/mol. The van der Waals surface area contributed by atoms with Crippen LogP contribution in [0.5, 0.6) is 5.88 Å². The van der Waals surface area contributed by atoms with Crippen LogP contribution in [-0.2, 0) is 39.1 Å². The quantitative estimate of drug-likeness (QED) is 0.101. The van der Waals surface area contributed by atoms with Gasteiger partial charge in [-0.15, -0.1) is 11.3 Å². The van der Waals surface area contributed by atoms with E-state index in [-0.39, 0.29) is 49.3 Å². The molecule has 0 unspecified atom stereocenters. The Morgan fingerprint density at radius 3 is 2.32 bits per heavy atom. The van der Waals surface area contributed by atoms with Crippen molar-refractivity contribution in [3.05, 3.63) is 98.4 Å². The van der Waals surface area contributed by atoms with Gasteiger partial charge in [0.25, 0.3) is 0 Å². The third kappa shape index (κ3) is 10.7. The minimum atomic E-state index is -4.12. The van der Waals surface area contributed by atoms with E-state index in [4.69, 9.17) is 0 Å². The Labute approximate surface area is 312 Å². The minimum Gasteiger partial charge on any atom is -0.493 e. The lowest BCUT2D eigenvalue weighted by atomic mass is 9.96. The first-order valence-electron chi connectivity index (χ1n) is 17.3. The lowest BCUT2D eigenvalue weighted by molar-refractivity contribution is -0.127. The number of aliphatic hydroxyl groups is 1. The van der Waals surface area contributed by atoms with Crippen molar-refractivity contribution < 1.29 is 28.2 Å². The molecule has 0 saturated carbocycles. The van der Waals surface area contributed by atoms with Crippen LogP contribution in [0.25, 0.3) is 0 Å². The summed E-state index contributed by atoms with van der Waals surface area (Å²) >= 11 is 1.17. The second-order valence-electron chi connectivity index (χ2n) is 13.4. The summed E-state index contributed by atoms with van der Waals surface area (Å²) in [6, 6.07) is 12.8. The maximum absolute atomic E-state index is 14.3. The number of rotatable bonds is 19. The Bertz CT molecular complexity index is 2010. The highest BCUT2D eigenvalue weighted by Crippen LogP contribution is 2.25. The predicted octanol–water partition coefficient (Wildman–Crippen LogP) is 4.11. The molecule has 17 heteroatoms. The van der Waals surface area contributed by atoms with Crippen LogP contribution in [0.1, 0.15) is 63.9 Å². The number of thiazole rings is 1. The van der Waals surface area contributed by atoms with Gasteiger partial charge in [-0.25, -0.2) is 18.2 Å². The average molecular weight is 770 g/mol. The number of benzene rings is 2. The molecule has 2 aromatic carbocycles. The zero-order valence-electron chi connectivity index (χ0n) is 30.4. The Balaban J connectivity index is 1.65. The summed E-state index contributed by atoms with van der Waals surface area (Å²) in [6.07, 6.45) is 0.430. The summed E-state index contributed by atoms with van der Waals surface area (Å²) in [7, 11) is -4.12. The molecule has 0 fully saturated rings. The molecule has 4 rings (SSSR count). The Hall–Kier alpha value is -4.71. The third-order valence-electron chi connectivity index (χ3n) is 8.75. The molecule has 0 aliphatic rings. The number of carbonyl (C=O) groups is 2. The van der Waals surface area contributed by atoms with Crippen LogP contribution in [0.15, 0.2) is 81.0 Å². The number of sulfonamides is 1. The fourth-order valence-corrected chi connectivity index (χ4v) is 8.26. The molecule has 0 radical (unpaired) electrons. The highest BCUT2D eigenvalue weighted by atomic mass is 32.2. The number of amides is 2. The molecule has 0 bridgehead atoms. The van der Waals surface area contributed by atoms with Crippen molar-refractivity contribution in [3.8, 4) is 5.88 Å². The average Bonchev–Trinajstić information content (AvgIpc) is 3.66. The number of carbonyl (C=O) groups excluding carboxylic acids is 2. The van der Waals surface area contributed by atoms with E-state index in [0.717, 1.165) is 14.7 Å².